The van der Waals surface area contributed by atoms with E-state index in [-0.39, 0.29) is 5.75 Å². The number of aliphatic hydroxyl groups is 1. The Kier molecular flexibility index (Phi) is 5.24. The lowest BCUT2D eigenvalue weighted by atomic mass is 10.1. The predicted molar refractivity (Wildman–Crippen MR) is 69.8 cm³/mol. The highest BCUT2D eigenvalue weighted by Crippen LogP contribution is 2.23. The van der Waals surface area contributed by atoms with Gasteiger partial charge >= 0.3 is 0 Å². The number of para-hydroxylation sites is 1. The van der Waals surface area contributed by atoms with Crippen LogP contribution in [0.5, 0.6) is 0 Å². The Balaban J connectivity index is 2.88. The first-order chi connectivity index (χ1) is 7.96. The van der Waals surface area contributed by atoms with Gasteiger partial charge in [-0.3, -0.25) is 4.72 Å². The molecule has 0 saturated heterocycles. The van der Waals surface area contributed by atoms with Crippen molar-refractivity contribution in [1.29, 1.82) is 0 Å². The number of alkyl halides is 1. The Bertz CT molecular complexity index is 460. The molecule has 0 heterocycles. The molecule has 4 nitrogen and oxygen atoms in total. The number of hydrogen-bond acceptors (Lipinski definition) is 3. The molecule has 17 heavy (non-hydrogen) atoms. The van der Waals surface area contributed by atoms with Crippen molar-refractivity contribution in [3.63, 3.8) is 0 Å². The van der Waals surface area contributed by atoms with Gasteiger partial charge in [-0.15, -0.1) is 11.6 Å². The van der Waals surface area contributed by atoms with Gasteiger partial charge in [0.05, 0.1) is 17.5 Å². The number of nitrogens with one attached hydrogen (secondary N) is 1. The number of benzene rings is 1. The van der Waals surface area contributed by atoms with Crippen LogP contribution in [0.3, 0.4) is 0 Å². The van der Waals surface area contributed by atoms with Crippen LogP contribution in [0.1, 0.15) is 25.0 Å². The van der Waals surface area contributed by atoms with Gasteiger partial charge in [-0.05, 0) is 19.4 Å². The Morgan fingerprint density at radius 2 is 2.06 bits per heavy atom. The van der Waals surface area contributed by atoms with E-state index in [4.69, 9.17) is 11.6 Å². The molecule has 0 aliphatic carbocycles. The molecular weight excluding hydrogens is 262 g/mol. The molecule has 0 fully saturated rings. The second-order valence-corrected chi connectivity index (χ2v) is 5.95. The normalized spacial score (nSPS) is 13.4. The van der Waals surface area contributed by atoms with Crippen molar-refractivity contribution in [2.75, 3.05) is 16.4 Å². The summed E-state index contributed by atoms with van der Waals surface area (Å²) in [5.41, 5.74) is 0.971. The van der Waals surface area contributed by atoms with Crippen LogP contribution in [0, 0.1) is 0 Å². The van der Waals surface area contributed by atoms with Crippen LogP contribution < -0.4 is 4.72 Å². The highest BCUT2D eigenvalue weighted by Gasteiger charge is 2.14. The average molecular weight is 278 g/mol. The van der Waals surface area contributed by atoms with Gasteiger partial charge in [0.25, 0.3) is 0 Å². The zero-order chi connectivity index (χ0) is 12.9. The SMILES string of the molecule is CC(O)c1ccccc1NS(=O)(=O)CCCCl. The molecule has 0 aromatic heterocycles. The monoisotopic (exact) mass is 277 g/mol. The van der Waals surface area contributed by atoms with Crippen LogP contribution in [0.4, 0.5) is 5.69 Å². The van der Waals surface area contributed by atoms with Crippen molar-refractivity contribution < 1.29 is 13.5 Å². The van der Waals surface area contributed by atoms with Crippen molar-refractivity contribution in [2.24, 2.45) is 0 Å². The van der Waals surface area contributed by atoms with E-state index in [1.54, 1.807) is 31.2 Å². The standard InChI is InChI=1S/C11H16ClNO3S/c1-9(14)10-5-2-3-6-11(10)13-17(15,16)8-4-7-12/h2-3,5-6,9,13-14H,4,7-8H2,1H3. The summed E-state index contributed by atoms with van der Waals surface area (Å²) in [7, 11) is -3.40. The largest absolute Gasteiger partial charge is 0.389 e. The molecule has 1 aromatic rings. The van der Waals surface area contributed by atoms with Gasteiger partial charge in [0.1, 0.15) is 0 Å². The molecular formula is C11H16ClNO3S. The van der Waals surface area contributed by atoms with Gasteiger partial charge < -0.3 is 5.11 Å². The van der Waals surface area contributed by atoms with Crippen LogP contribution in [0.2, 0.25) is 0 Å². The summed E-state index contributed by atoms with van der Waals surface area (Å²) in [6, 6.07) is 6.77. The lowest BCUT2D eigenvalue weighted by Crippen LogP contribution is -2.18. The maximum Gasteiger partial charge on any atom is 0.232 e. The first-order valence-corrected chi connectivity index (χ1v) is 7.48. The van der Waals surface area contributed by atoms with E-state index in [0.717, 1.165) is 0 Å². The smallest absolute Gasteiger partial charge is 0.232 e. The molecule has 1 atom stereocenters. The average Bonchev–Trinajstić information content (AvgIpc) is 2.26. The number of halogens is 1. The summed E-state index contributed by atoms with van der Waals surface area (Å²) in [5, 5.41) is 9.52. The van der Waals surface area contributed by atoms with E-state index in [9.17, 15) is 13.5 Å². The van der Waals surface area contributed by atoms with Gasteiger partial charge in [-0.2, -0.15) is 0 Å². The summed E-state index contributed by atoms with van der Waals surface area (Å²) in [6.45, 7) is 1.59. The summed E-state index contributed by atoms with van der Waals surface area (Å²) >= 11 is 5.46. The van der Waals surface area contributed by atoms with E-state index in [1.165, 1.54) is 0 Å². The van der Waals surface area contributed by atoms with Crippen molar-refractivity contribution in [1.82, 2.24) is 0 Å². The van der Waals surface area contributed by atoms with Crippen LogP contribution in [-0.4, -0.2) is 25.2 Å². The zero-order valence-electron chi connectivity index (χ0n) is 9.56. The maximum atomic E-state index is 11.7. The Labute approximate surface area is 107 Å². The summed E-state index contributed by atoms with van der Waals surface area (Å²) < 4.78 is 25.8. The first-order valence-electron chi connectivity index (χ1n) is 5.29. The first kappa shape index (κ1) is 14.3. The van der Waals surface area contributed by atoms with Crippen LogP contribution in [-0.2, 0) is 10.0 Å². The van der Waals surface area contributed by atoms with Crippen molar-refractivity contribution in [3.8, 4) is 0 Å². The number of sulfonamides is 1. The second-order valence-electron chi connectivity index (χ2n) is 3.73. The Hall–Kier alpha value is -0.780. The molecule has 0 saturated carbocycles. The van der Waals surface area contributed by atoms with Gasteiger partial charge in [0.15, 0.2) is 0 Å². The Morgan fingerprint density at radius 3 is 2.65 bits per heavy atom. The van der Waals surface area contributed by atoms with Gasteiger partial charge in [0, 0.05) is 11.4 Å². The fourth-order valence-corrected chi connectivity index (χ4v) is 2.86. The third kappa shape index (κ3) is 4.53. The van der Waals surface area contributed by atoms with Crippen LogP contribution in [0.15, 0.2) is 24.3 Å². The number of anilines is 1. The molecule has 1 rings (SSSR count). The topological polar surface area (TPSA) is 66.4 Å². The van der Waals surface area contributed by atoms with Gasteiger partial charge in [0.2, 0.25) is 10.0 Å². The predicted octanol–water partition coefficient (Wildman–Crippen LogP) is 2.11. The Morgan fingerprint density at radius 1 is 1.41 bits per heavy atom. The fourth-order valence-electron chi connectivity index (χ4n) is 1.42. The van der Waals surface area contributed by atoms with Crippen molar-refractivity contribution in [3.05, 3.63) is 29.8 Å². The van der Waals surface area contributed by atoms with Gasteiger partial charge in [-0.1, -0.05) is 18.2 Å². The molecule has 0 amide bonds. The molecule has 1 unspecified atom stereocenters. The lowest BCUT2D eigenvalue weighted by Gasteiger charge is -2.13. The highest BCUT2D eigenvalue weighted by molar-refractivity contribution is 7.92. The molecule has 0 aliphatic heterocycles. The highest BCUT2D eigenvalue weighted by atomic mass is 35.5. The quantitative estimate of drug-likeness (QED) is 0.783. The number of aliphatic hydroxyl groups excluding tert-OH is 1. The van der Waals surface area contributed by atoms with E-state index in [2.05, 4.69) is 4.72 Å². The number of hydrogen-bond donors (Lipinski definition) is 2. The minimum Gasteiger partial charge on any atom is -0.389 e. The van der Waals surface area contributed by atoms with Crippen molar-refractivity contribution in [2.45, 2.75) is 19.4 Å². The van der Waals surface area contributed by atoms with Crippen molar-refractivity contribution >= 4 is 27.3 Å². The third-order valence-corrected chi connectivity index (χ3v) is 3.85. The summed E-state index contributed by atoms with van der Waals surface area (Å²) in [5.74, 6) is 0.281. The molecule has 1 aromatic carbocycles. The minimum atomic E-state index is -3.40. The molecule has 0 bridgehead atoms. The maximum absolute atomic E-state index is 11.7. The minimum absolute atomic E-state index is 0.0232. The summed E-state index contributed by atoms with van der Waals surface area (Å²) in [6.07, 6.45) is -0.324. The fraction of sp³-hybridized carbons (Fsp3) is 0.455. The molecule has 2 N–H and O–H groups in total. The molecule has 0 aliphatic rings. The second kappa shape index (κ2) is 6.23. The van der Waals surface area contributed by atoms with E-state index in [0.29, 0.717) is 23.6 Å². The number of rotatable bonds is 6. The third-order valence-electron chi connectivity index (χ3n) is 2.22. The van der Waals surface area contributed by atoms with Crippen LogP contribution >= 0.6 is 11.6 Å². The molecule has 6 heteroatoms. The van der Waals surface area contributed by atoms with E-state index >= 15 is 0 Å². The summed E-state index contributed by atoms with van der Waals surface area (Å²) in [4.78, 5) is 0. The zero-order valence-corrected chi connectivity index (χ0v) is 11.1. The van der Waals surface area contributed by atoms with Crippen LogP contribution in [0.25, 0.3) is 0 Å². The van der Waals surface area contributed by atoms with E-state index < -0.39 is 16.1 Å². The molecule has 0 spiro atoms. The van der Waals surface area contributed by atoms with E-state index in [1.807, 2.05) is 0 Å². The van der Waals surface area contributed by atoms with Gasteiger partial charge in [-0.25, -0.2) is 8.42 Å². The molecule has 96 valence electrons. The molecule has 0 radical (unpaired) electrons. The lowest BCUT2D eigenvalue weighted by molar-refractivity contribution is 0.200.